The van der Waals surface area contributed by atoms with Crippen molar-refractivity contribution in [3.63, 3.8) is 0 Å². The fraction of sp³-hybridized carbons (Fsp3) is 0.450. The Balaban J connectivity index is 1.74. The first-order valence-electron chi connectivity index (χ1n) is 9.08. The molecule has 1 aliphatic heterocycles. The predicted octanol–water partition coefficient (Wildman–Crippen LogP) is 2.75. The molecule has 3 rings (SSSR count). The molecule has 2 atom stereocenters. The van der Waals surface area contributed by atoms with Crippen LogP contribution < -0.4 is 5.32 Å². The van der Waals surface area contributed by atoms with E-state index in [1.165, 1.54) is 6.42 Å². The van der Waals surface area contributed by atoms with Gasteiger partial charge in [-0.05, 0) is 38.2 Å². The maximum absolute atomic E-state index is 13.1. The first-order valence-corrected chi connectivity index (χ1v) is 9.08. The third kappa shape index (κ3) is 4.86. The van der Waals surface area contributed by atoms with Crippen molar-refractivity contribution in [1.29, 1.82) is 0 Å². The van der Waals surface area contributed by atoms with E-state index in [0.717, 1.165) is 37.2 Å². The molecule has 25 heavy (non-hydrogen) atoms. The minimum Gasteiger partial charge on any atom is -0.341 e. The highest BCUT2D eigenvalue weighted by molar-refractivity contribution is 5.82. The highest BCUT2D eigenvalue weighted by Crippen LogP contribution is 2.16. The van der Waals surface area contributed by atoms with Gasteiger partial charge in [-0.2, -0.15) is 0 Å². The minimum absolute atomic E-state index is 0.0313. The lowest BCUT2D eigenvalue weighted by molar-refractivity contribution is -0.134. The molecule has 5 nitrogen and oxygen atoms in total. The van der Waals surface area contributed by atoms with Crippen LogP contribution in [-0.2, 0) is 11.2 Å². The second-order valence-corrected chi connectivity index (χ2v) is 6.65. The Hall–Kier alpha value is -2.27. The molecule has 1 fully saturated rings. The van der Waals surface area contributed by atoms with Gasteiger partial charge in [-0.1, -0.05) is 30.3 Å². The lowest BCUT2D eigenvalue weighted by atomic mass is 10.0. The average molecular weight is 338 g/mol. The molecule has 0 unspecified atom stereocenters. The zero-order valence-electron chi connectivity index (χ0n) is 14.8. The lowest BCUT2D eigenvalue weighted by Crippen LogP contribution is -2.50. The number of hydrogen-bond donors (Lipinski definition) is 1. The van der Waals surface area contributed by atoms with Gasteiger partial charge in [0.1, 0.15) is 0 Å². The van der Waals surface area contributed by atoms with Crippen LogP contribution in [-0.4, -0.2) is 39.9 Å². The molecule has 0 saturated carbocycles. The number of carbonyl (C=O) groups excluding carboxylic acids is 1. The van der Waals surface area contributed by atoms with E-state index in [1.807, 2.05) is 30.0 Å². The number of benzene rings is 1. The Morgan fingerprint density at radius 1 is 1.16 bits per heavy atom. The number of amides is 1. The van der Waals surface area contributed by atoms with Crippen molar-refractivity contribution in [1.82, 2.24) is 20.2 Å². The number of rotatable bonds is 6. The quantitative estimate of drug-likeness (QED) is 0.880. The number of hydrogen-bond acceptors (Lipinski definition) is 4. The predicted molar refractivity (Wildman–Crippen MR) is 97.9 cm³/mol. The first kappa shape index (κ1) is 17.5. The number of carbonyl (C=O) groups is 1. The van der Waals surface area contributed by atoms with Crippen LogP contribution in [0.2, 0.25) is 0 Å². The van der Waals surface area contributed by atoms with E-state index in [2.05, 4.69) is 27.4 Å². The molecule has 0 spiro atoms. The van der Waals surface area contributed by atoms with Crippen molar-refractivity contribution in [3.8, 4) is 0 Å². The number of piperidine rings is 1. The summed E-state index contributed by atoms with van der Waals surface area (Å²) in [5.41, 5.74) is 2.02. The summed E-state index contributed by atoms with van der Waals surface area (Å²) >= 11 is 0. The average Bonchev–Trinajstić information content (AvgIpc) is 2.69. The van der Waals surface area contributed by atoms with E-state index in [9.17, 15) is 4.79 Å². The van der Waals surface area contributed by atoms with Crippen LogP contribution in [0.1, 0.15) is 43.5 Å². The van der Waals surface area contributed by atoms with E-state index >= 15 is 0 Å². The zero-order chi connectivity index (χ0) is 17.5. The second-order valence-electron chi connectivity index (χ2n) is 6.65. The Labute approximate surface area is 149 Å². The molecular formula is C20H26N4O. The van der Waals surface area contributed by atoms with E-state index in [4.69, 9.17) is 0 Å². The Morgan fingerprint density at radius 2 is 1.92 bits per heavy atom. The van der Waals surface area contributed by atoms with Crippen molar-refractivity contribution in [2.24, 2.45) is 0 Å². The smallest absolute Gasteiger partial charge is 0.240 e. The summed E-state index contributed by atoms with van der Waals surface area (Å²) in [6.45, 7) is 3.77. The van der Waals surface area contributed by atoms with Crippen LogP contribution in [0.15, 0.2) is 48.9 Å². The maximum Gasteiger partial charge on any atom is 0.240 e. The van der Waals surface area contributed by atoms with Crippen LogP contribution in [0.4, 0.5) is 0 Å². The minimum atomic E-state index is -0.252. The third-order valence-corrected chi connectivity index (χ3v) is 4.73. The summed E-state index contributed by atoms with van der Waals surface area (Å²) < 4.78 is 0. The summed E-state index contributed by atoms with van der Waals surface area (Å²) in [4.78, 5) is 23.6. The van der Waals surface area contributed by atoms with Crippen molar-refractivity contribution in [2.75, 3.05) is 13.1 Å². The van der Waals surface area contributed by atoms with E-state index in [0.29, 0.717) is 6.42 Å². The number of likely N-dealkylation sites (tertiary alicyclic amines) is 1. The van der Waals surface area contributed by atoms with Gasteiger partial charge in [0, 0.05) is 37.7 Å². The molecule has 0 bridgehead atoms. The van der Waals surface area contributed by atoms with Gasteiger partial charge >= 0.3 is 0 Å². The largest absolute Gasteiger partial charge is 0.341 e. The van der Waals surface area contributed by atoms with Gasteiger partial charge in [-0.3, -0.25) is 20.1 Å². The van der Waals surface area contributed by atoms with Crippen LogP contribution in [0.3, 0.4) is 0 Å². The Bertz CT molecular complexity index is 656. The van der Waals surface area contributed by atoms with Gasteiger partial charge in [-0.25, -0.2) is 0 Å². The number of nitrogens with zero attached hydrogens (tertiary/aromatic N) is 3. The second kappa shape index (κ2) is 8.72. The van der Waals surface area contributed by atoms with Crippen molar-refractivity contribution in [2.45, 2.75) is 44.7 Å². The molecule has 2 aromatic rings. The van der Waals surface area contributed by atoms with Gasteiger partial charge in [0.15, 0.2) is 0 Å². The maximum atomic E-state index is 13.1. The summed E-state index contributed by atoms with van der Waals surface area (Å²) in [5, 5.41) is 3.49. The first-order chi connectivity index (χ1) is 12.2. The molecule has 2 heterocycles. The summed E-state index contributed by atoms with van der Waals surface area (Å²) in [6, 6.07) is 9.90. The highest BCUT2D eigenvalue weighted by Gasteiger charge is 2.27. The fourth-order valence-electron chi connectivity index (χ4n) is 3.32. The molecule has 1 amide bonds. The monoisotopic (exact) mass is 338 g/mol. The summed E-state index contributed by atoms with van der Waals surface area (Å²) in [7, 11) is 0. The van der Waals surface area contributed by atoms with E-state index in [1.54, 1.807) is 18.6 Å². The number of aromatic nitrogens is 2. The van der Waals surface area contributed by atoms with Crippen LogP contribution in [0, 0.1) is 0 Å². The molecule has 0 aliphatic carbocycles. The topological polar surface area (TPSA) is 58.1 Å². The normalized spacial score (nSPS) is 17.1. The van der Waals surface area contributed by atoms with Gasteiger partial charge in [0.25, 0.3) is 0 Å². The van der Waals surface area contributed by atoms with Gasteiger partial charge in [0.2, 0.25) is 5.91 Å². The standard InChI is InChI=1S/C20H26N4O/c1-16(19-15-21-10-11-22-19)23-18(14-17-8-4-2-5-9-17)20(25)24-12-6-3-7-13-24/h2,4-5,8-11,15-16,18,23H,3,6-7,12-14H2,1H3/t16-,18+/m0/s1. The third-order valence-electron chi connectivity index (χ3n) is 4.73. The van der Waals surface area contributed by atoms with Crippen molar-refractivity contribution >= 4 is 5.91 Å². The molecule has 1 N–H and O–H groups in total. The molecular weight excluding hydrogens is 312 g/mol. The molecule has 1 aliphatic rings. The highest BCUT2D eigenvalue weighted by atomic mass is 16.2. The van der Waals surface area contributed by atoms with Crippen LogP contribution in [0.25, 0.3) is 0 Å². The summed E-state index contributed by atoms with van der Waals surface area (Å²) in [6.07, 6.45) is 9.20. The Kier molecular flexibility index (Phi) is 6.12. The van der Waals surface area contributed by atoms with E-state index in [-0.39, 0.29) is 18.0 Å². The van der Waals surface area contributed by atoms with E-state index < -0.39 is 0 Å². The lowest BCUT2D eigenvalue weighted by Gasteiger charge is -2.32. The van der Waals surface area contributed by atoms with Gasteiger partial charge in [0.05, 0.1) is 11.7 Å². The van der Waals surface area contributed by atoms with Crippen molar-refractivity contribution in [3.05, 3.63) is 60.2 Å². The van der Waals surface area contributed by atoms with Crippen LogP contribution >= 0.6 is 0 Å². The molecule has 1 aromatic heterocycles. The molecule has 0 radical (unpaired) electrons. The van der Waals surface area contributed by atoms with Gasteiger partial charge in [-0.15, -0.1) is 0 Å². The fourth-order valence-corrected chi connectivity index (χ4v) is 3.32. The zero-order valence-corrected chi connectivity index (χ0v) is 14.8. The molecule has 132 valence electrons. The number of nitrogens with one attached hydrogen (secondary N) is 1. The summed E-state index contributed by atoms with van der Waals surface area (Å²) in [5.74, 6) is 0.194. The molecule has 5 heteroatoms. The van der Waals surface area contributed by atoms with Crippen LogP contribution in [0.5, 0.6) is 0 Å². The van der Waals surface area contributed by atoms with Crippen molar-refractivity contribution < 1.29 is 4.79 Å². The SMILES string of the molecule is C[C@H](N[C@H](Cc1ccccc1)C(=O)N1CCCCC1)c1cnccn1. The molecule has 1 aromatic carbocycles. The Morgan fingerprint density at radius 3 is 2.60 bits per heavy atom. The molecule has 1 saturated heterocycles. The van der Waals surface area contributed by atoms with Gasteiger partial charge < -0.3 is 4.90 Å².